The average Bonchev–Trinajstić information content (AvgIpc) is 2.26. The van der Waals surface area contributed by atoms with E-state index in [2.05, 4.69) is 0 Å². The molecule has 5 nitrogen and oxygen atoms in total. The van der Waals surface area contributed by atoms with Crippen LogP contribution in [0.2, 0.25) is 0 Å². The summed E-state index contributed by atoms with van der Waals surface area (Å²) in [5.41, 5.74) is 0. The van der Waals surface area contributed by atoms with Gasteiger partial charge in [-0.3, -0.25) is 0 Å². The van der Waals surface area contributed by atoms with Gasteiger partial charge in [0.2, 0.25) is 0 Å². The lowest BCUT2D eigenvalue weighted by atomic mass is 9.95. The number of aliphatic hydroxyl groups excluding tert-OH is 3. The van der Waals surface area contributed by atoms with Gasteiger partial charge >= 0.3 is 0 Å². The number of rotatable bonds is 4. The first-order valence-electron chi connectivity index (χ1n) is 5.83. The van der Waals surface area contributed by atoms with Gasteiger partial charge in [-0.2, -0.15) is 0 Å². The Morgan fingerprint density at radius 2 is 1.38 bits per heavy atom. The molecule has 0 spiro atoms. The molecule has 0 saturated heterocycles. The summed E-state index contributed by atoms with van der Waals surface area (Å²) in [7, 11) is 0. The highest BCUT2D eigenvalue weighted by atomic mass is 16.5. The van der Waals surface area contributed by atoms with E-state index in [4.69, 9.17) is 25.5 Å². The minimum absolute atomic E-state index is 0.0335. The summed E-state index contributed by atoms with van der Waals surface area (Å²) >= 11 is 0. The Hall–Kier alpha value is -0.200. The SMILES string of the molecule is OC1(O)CCCCC1.OCCC(CO)CO. The van der Waals surface area contributed by atoms with Crippen molar-refractivity contribution in [2.45, 2.75) is 44.3 Å². The normalized spacial score (nSPS) is 19.1. The van der Waals surface area contributed by atoms with Gasteiger partial charge in [0.1, 0.15) is 0 Å². The van der Waals surface area contributed by atoms with Crippen LogP contribution in [0.25, 0.3) is 0 Å². The third-order valence-corrected chi connectivity index (χ3v) is 2.71. The summed E-state index contributed by atoms with van der Waals surface area (Å²) in [4.78, 5) is 0. The minimum atomic E-state index is -1.32. The summed E-state index contributed by atoms with van der Waals surface area (Å²) in [5.74, 6) is -1.46. The van der Waals surface area contributed by atoms with Crippen LogP contribution in [-0.2, 0) is 0 Å². The molecule has 5 heteroatoms. The Morgan fingerprint density at radius 3 is 1.56 bits per heavy atom. The summed E-state index contributed by atoms with van der Waals surface area (Å²) in [6.45, 7) is -0.0556. The van der Waals surface area contributed by atoms with Gasteiger partial charge in [0.15, 0.2) is 5.79 Å². The van der Waals surface area contributed by atoms with Crippen LogP contribution in [0.1, 0.15) is 38.5 Å². The number of aliphatic hydroxyl groups is 5. The minimum Gasteiger partial charge on any atom is -0.396 e. The monoisotopic (exact) mass is 236 g/mol. The van der Waals surface area contributed by atoms with Crippen LogP contribution in [0.4, 0.5) is 0 Å². The van der Waals surface area contributed by atoms with Crippen molar-refractivity contribution in [2.24, 2.45) is 5.92 Å². The van der Waals surface area contributed by atoms with Crippen LogP contribution >= 0.6 is 0 Å². The van der Waals surface area contributed by atoms with E-state index in [0.29, 0.717) is 19.3 Å². The van der Waals surface area contributed by atoms with E-state index in [0.717, 1.165) is 19.3 Å². The molecule has 0 aromatic rings. The quantitative estimate of drug-likeness (QED) is 0.428. The van der Waals surface area contributed by atoms with E-state index in [1.54, 1.807) is 0 Å². The van der Waals surface area contributed by atoms with E-state index >= 15 is 0 Å². The van der Waals surface area contributed by atoms with Crippen molar-refractivity contribution in [2.75, 3.05) is 19.8 Å². The smallest absolute Gasteiger partial charge is 0.162 e. The standard InChI is InChI=1S/C6H12O2.C5H12O3/c7-6(8)4-2-1-3-5-6;6-2-1-5(3-7)4-8/h7-8H,1-5H2;5-8H,1-4H2. The predicted molar refractivity (Wildman–Crippen MR) is 59.6 cm³/mol. The molecule has 0 aromatic heterocycles. The molecule has 98 valence electrons. The van der Waals surface area contributed by atoms with Crippen LogP contribution in [0.15, 0.2) is 0 Å². The lowest BCUT2D eigenvalue weighted by Gasteiger charge is -2.25. The van der Waals surface area contributed by atoms with Gasteiger partial charge < -0.3 is 25.5 Å². The largest absolute Gasteiger partial charge is 0.396 e. The maximum Gasteiger partial charge on any atom is 0.162 e. The molecule has 0 aliphatic heterocycles. The van der Waals surface area contributed by atoms with Gasteiger partial charge in [-0.25, -0.2) is 0 Å². The van der Waals surface area contributed by atoms with Crippen LogP contribution in [0, 0.1) is 5.92 Å². The van der Waals surface area contributed by atoms with Gasteiger partial charge in [-0.15, -0.1) is 0 Å². The van der Waals surface area contributed by atoms with Crippen LogP contribution in [-0.4, -0.2) is 51.1 Å². The maximum absolute atomic E-state index is 8.93. The van der Waals surface area contributed by atoms with Crippen molar-refractivity contribution in [1.82, 2.24) is 0 Å². The highest BCUT2D eigenvalue weighted by Gasteiger charge is 2.24. The topological polar surface area (TPSA) is 101 Å². The highest BCUT2D eigenvalue weighted by molar-refractivity contribution is 4.69. The Balaban J connectivity index is 0.000000281. The molecule has 0 amide bonds. The zero-order valence-corrected chi connectivity index (χ0v) is 9.68. The van der Waals surface area contributed by atoms with Crippen molar-refractivity contribution in [3.05, 3.63) is 0 Å². The molecule has 0 unspecified atom stereocenters. The van der Waals surface area contributed by atoms with Crippen molar-refractivity contribution in [3.8, 4) is 0 Å². The van der Waals surface area contributed by atoms with Crippen LogP contribution in [0.5, 0.6) is 0 Å². The van der Waals surface area contributed by atoms with Gasteiger partial charge in [0, 0.05) is 38.6 Å². The second-order valence-corrected chi connectivity index (χ2v) is 4.29. The van der Waals surface area contributed by atoms with E-state index in [1.807, 2.05) is 0 Å². The zero-order valence-electron chi connectivity index (χ0n) is 9.68. The van der Waals surface area contributed by atoms with E-state index in [9.17, 15) is 0 Å². The molecular weight excluding hydrogens is 212 g/mol. The fourth-order valence-corrected chi connectivity index (χ4v) is 1.54. The van der Waals surface area contributed by atoms with Crippen LogP contribution < -0.4 is 0 Å². The molecule has 0 aromatic carbocycles. The fourth-order valence-electron chi connectivity index (χ4n) is 1.54. The molecule has 1 aliphatic rings. The molecular formula is C11H24O5. The van der Waals surface area contributed by atoms with E-state index < -0.39 is 5.79 Å². The van der Waals surface area contributed by atoms with Gasteiger partial charge in [-0.05, 0) is 19.3 Å². The van der Waals surface area contributed by atoms with E-state index in [-0.39, 0.29) is 25.7 Å². The summed E-state index contributed by atoms with van der Waals surface area (Å²) < 4.78 is 0. The highest BCUT2D eigenvalue weighted by Crippen LogP contribution is 2.24. The summed E-state index contributed by atoms with van der Waals surface area (Å²) in [6, 6.07) is 0. The average molecular weight is 236 g/mol. The maximum atomic E-state index is 8.93. The Morgan fingerprint density at radius 1 is 0.875 bits per heavy atom. The van der Waals surface area contributed by atoms with Gasteiger partial charge in [0.25, 0.3) is 0 Å². The Labute approximate surface area is 96.4 Å². The number of hydrogen-bond acceptors (Lipinski definition) is 5. The number of hydrogen-bond donors (Lipinski definition) is 5. The Bertz CT molecular complexity index is 148. The van der Waals surface area contributed by atoms with Crippen molar-refractivity contribution < 1.29 is 25.5 Å². The summed E-state index contributed by atoms with van der Waals surface area (Å²) in [5, 5.41) is 42.9. The Kier molecular flexibility index (Phi) is 8.78. The van der Waals surface area contributed by atoms with Gasteiger partial charge in [0.05, 0.1) is 0 Å². The first kappa shape index (κ1) is 15.8. The summed E-state index contributed by atoms with van der Waals surface area (Å²) in [6.07, 6.45) is 4.69. The second kappa shape index (κ2) is 8.90. The van der Waals surface area contributed by atoms with Gasteiger partial charge in [-0.1, -0.05) is 6.42 Å². The molecule has 1 fully saturated rings. The zero-order chi connectivity index (χ0) is 12.4. The molecule has 5 N–H and O–H groups in total. The van der Waals surface area contributed by atoms with Crippen LogP contribution in [0.3, 0.4) is 0 Å². The molecule has 16 heavy (non-hydrogen) atoms. The third-order valence-electron chi connectivity index (χ3n) is 2.71. The van der Waals surface area contributed by atoms with Crippen molar-refractivity contribution >= 4 is 0 Å². The molecule has 0 radical (unpaired) electrons. The van der Waals surface area contributed by atoms with E-state index in [1.165, 1.54) is 0 Å². The second-order valence-electron chi connectivity index (χ2n) is 4.29. The molecule has 0 atom stereocenters. The fraction of sp³-hybridized carbons (Fsp3) is 1.00. The third kappa shape index (κ3) is 8.01. The molecule has 1 aliphatic carbocycles. The predicted octanol–water partition coefficient (Wildman–Crippen LogP) is -0.399. The van der Waals surface area contributed by atoms with Crippen molar-refractivity contribution in [3.63, 3.8) is 0 Å². The lowest BCUT2D eigenvalue weighted by molar-refractivity contribution is -0.180. The molecule has 1 saturated carbocycles. The molecule has 1 rings (SSSR count). The molecule has 0 heterocycles. The first-order valence-corrected chi connectivity index (χ1v) is 5.83. The molecule has 0 bridgehead atoms. The lowest BCUT2D eigenvalue weighted by Crippen LogP contribution is -2.30. The first-order chi connectivity index (χ1) is 7.55. The van der Waals surface area contributed by atoms with Crippen molar-refractivity contribution in [1.29, 1.82) is 0 Å².